The van der Waals surface area contributed by atoms with E-state index in [1.165, 1.54) is 0 Å². The van der Waals surface area contributed by atoms with Crippen molar-refractivity contribution in [3.05, 3.63) is 47.3 Å². The van der Waals surface area contributed by atoms with Crippen LogP contribution in [-0.2, 0) is 6.54 Å². The van der Waals surface area contributed by atoms with E-state index >= 15 is 0 Å². The van der Waals surface area contributed by atoms with Crippen molar-refractivity contribution in [2.75, 3.05) is 39.8 Å². The highest BCUT2D eigenvalue weighted by Crippen LogP contribution is 2.19. The predicted molar refractivity (Wildman–Crippen MR) is 90.9 cm³/mol. The molecule has 6 heteroatoms. The van der Waals surface area contributed by atoms with Crippen molar-refractivity contribution in [1.82, 2.24) is 15.0 Å². The monoisotopic (exact) mass is 331 g/mol. The highest BCUT2D eigenvalue weighted by Gasteiger charge is 2.21. The van der Waals surface area contributed by atoms with Crippen LogP contribution in [0.4, 0.5) is 0 Å². The Morgan fingerprint density at radius 1 is 1.17 bits per heavy atom. The number of piperazine rings is 1. The fraction of sp³-hybridized carbons (Fsp3) is 0.500. The van der Waals surface area contributed by atoms with Gasteiger partial charge in [0.1, 0.15) is 5.75 Å². The number of aliphatic hydroxyl groups is 1. The lowest BCUT2D eigenvalue weighted by molar-refractivity contribution is 0.0670. The zero-order chi connectivity index (χ0) is 16.9. The third-order valence-electron chi connectivity index (χ3n) is 4.45. The van der Waals surface area contributed by atoms with E-state index in [1.54, 1.807) is 7.11 Å². The summed E-state index contributed by atoms with van der Waals surface area (Å²) >= 11 is 0. The van der Waals surface area contributed by atoms with E-state index in [0.29, 0.717) is 6.54 Å². The van der Waals surface area contributed by atoms with Gasteiger partial charge in [0.25, 0.3) is 0 Å². The van der Waals surface area contributed by atoms with E-state index in [-0.39, 0.29) is 0 Å². The number of aryl methyl sites for hydroxylation is 1. The maximum atomic E-state index is 10.4. The van der Waals surface area contributed by atoms with Crippen molar-refractivity contribution in [2.45, 2.75) is 19.6 Å². The van der Waals surface area contributed by atoms with E-state index in [1.807, 2.05) is 37.3 Å². The summed E-state index contributed by atoms with van der Waals surface area (Å²) in [5.41, 5.74) is 1.85. The first-order chi connectivity index (χ1) is 11.6. The average Bonchev–Trinajstić information content (AvgIpc) is 3.01. The lowest BCUT2D eigenvalue weighted by Gasteiger charge is -2.35. The number of rotatable bonds is 6. The van der Waals surface area contributed by atoms with Gasteiger partial charge in [0, 0.05) is 38.8 Å². The molecule has 0 aliphatic carbocycles. The van der Waals surface area contributed by atoms with Crippen LogP contribution in [0.3, 0.4) is 0 Å². The van der Waals surface area contributed by atoms with Crippen LogP contribution < -0.4 is 4.74 Å². The quantitative estimate of drug-likeness (QED) is 0.871. The molecule has 0 amide bonds. The summed E-state index contributed by atoms with van der Waals surface area (Å²) < 4.78 is 10.4. The maximum absolute atomic E-state index is 10.4. The summed E-state index contributed by atoms with van der Waals surface area (Å²) in [6.45, 7) is 7.22. The maximum Gasteiger partial charge on any atom is 0.150 e. The molecular formula is C18H25N3O3. The summed E-state index contributed by atoms with van der Waals surface area (Å²) in [4.78, 5) is 4.66. The van der Waals surface area contributed by atoms with E-state index in [4.69, 9.17) is 9.26 Å². The molecule has 1 unspecified atom stereocenters. The molecule has 1 aliphatic rings. The Balaban J connectivity index is 1.45. The van der Waals surface area contributed by atoms with Crippen LogP contribution in [0.1, 0.15) is 23.1 Å². The molecule has 0 saturated carbocycles. The minimum Gasteiger partial charge on any atom is -0.497 e. The summed E-state index contributed by atoms with van der Waals surface area (Å²) in [6, 6.07) is 9.60. The Kier molecular flexibility index (Phi) is 5.50. The number of hydrogen-bond acceptors (Lipinski definition) is 6. The number of methoxy groups -OCH3 is 1. The largest absolute Gasteiger partial charge is 0.497 e. The lowest BCUT2D eigenvalue weighted by atomic mass is 10.1. The highest BCUT2D eigenvalue weighted by atomic mass is 16.5. The fourth-order valence-corrected chi connectivity index (χ4v) is 3.02. The Labute approximate surface area is 142 Å². The van der Waals surface area contributed by atoms with E-state index < -0.39 is 6.10 Å². The van der Waals surface area contributed by atoms with Crippen molar-refractivity contribution in [2.24, 2.45) is 0 Å². The van der Waals surface area contributed by atoms with Gasteiger partial charge in [-0.1, -0.05) is 17.3 Å². The Morgan fingerprint density at radius 3 is 2.42 bits per heavy atom. The summed E-state index contributed by atoms with van der Waals surface area (Å²) in [7, 11) is 1.64. The van der Waals surface area contributed by atoms with Crippen molar-refractivity contribution in [1.29, 1.82) is 0 Å². The van der Waals surface area contributed by atoms with Crippen LogP contribution >= 0.6 is 0 Å². The Morgan fingerprint density at radius 2 is 1.83 bits per heavy atom. The molecule has 24 heavy (non-hydrogen) atoms. The van der Waals surface area contributed by atoms with Gasteiger partial charge in [-0.2, -0.15) is 0 Å². The van der Waals surface area contributed by atoms with Gasteiger partial charge in [-0.25, -0.2) is 0 Å². The van der Waals surface area contributed by atoms with E-state index in [2.05, 4.69) is 15.0 Å². The van der Waals surface area contributed by atoms with Gasteiger partial charge < -0.3 is 14.4 Å². The molecule has 0 bridgehead atoms. The van der Waals surface area contributed by atoms with Crippen molar-refractivity contribution in [3.8, 4) is 5.75 Å². The predicted octanol–water partition coefficient (Wildman–Crippen LogP) is 1.84. The second-order valence-corrected chi connectivity index (χ2v) is 6.30. The molecule has 1 aliphatic heterocycles. The minimum absolute atomic E-state index is 0.473. The fourth-order valence-electron chi connectivity index (χ4n) is 3.02. The first-order valence-corrected chi connectivity index (χ1v) is 8.33. The zero-order valence-electron chi connectivity index (χ0n) is 14.3. The first-order valence-electron chi connectivity index (χ1n) is 8.33. The average molecular weight is 331 g/mol. The second kappa shape index (κ2) is 7.79. The molecule has 2 aromatic rings. The van der Waals surface area contributed by atoms with Crippen LogP contribution in [0.5, 0.6) is 5.75 Å². The van der Waals surface area contributed by atoms with Gasteiger partial charge in [-0.15, -0.1) is 0 Å². The topological polar surface area (TPSA) is 62.0 Å². The first kappa shape index (κ1) is 17.0. The molecule has 1 aromatic carbocycles. The van der Waals surface area contributed by atoms with Gasteiger partial charge in [0.2, 0.25) is 0 Å². The number of aliphatic hydroxyl groups excluding tert-OH is 1. The van der Waals surface area contributed by atoms with Crippen LogP contribution in [-0.4, -0.2) is 59.9 Å². The molecule has 0 radical (unpaired) electrons. The van der Waals surface area contributed by atoms with Gasteiger partial charge in [0.05, 0.1) is 25.5 Å². The summed E-state index contributed by atoms with van der Waals surface area (Å²) in [6.07, 6.45) is -0.473. The summed E-state index contributed by atoms with van der Waals surface area (Å²) in [5.74, 6) is 1.72. The van der Waals surface area contributed by atoms with Gasteiger partial charge >= 0.3 is 0 Å². The molecule has 1 aromatic heterocycles. The molecule has 1 atom stereocenters. The number of hydrogen-bond donors (Lipinski definition) is 1. The van der Waals surface area contributed by atoms with Crippen LogP contribution in [0.25, 0.3) is 0 Å². The van der Waals surface area contributed by atoms with Crippen molar-refractivity contribution >= 4 is 0 Å². The molecule has 6 nitrogen and oxygen atoms in total. The van der Waals surface area contributed by atoms with Gasteiger partial charge in [-0.3, -0.25) is 9.80 Å². The highest BCUT2D eigenvalue weighted by molar-refractivity contribution is 5.28. The molecule has 3 rings (SSSR count). The van der Waals surface area contributed by atoms with Crippen molar-refractivity contribution in [3.63, 3.8) is 0 Å². The van der Waals surface area contributed by atoms with Crippen molar-refractivity contribution < 1.29 is 14.4 Å². The normalized spacial score (nSPS) is 17.8. The molecule has 1 fully saturated rings. The Bertz CT molecular complexity index is 633. The third-order valence-corrected chi connectivity index (χ3v) is 4.45. The number of aromatic nitrogens is 1. The molecule has 0 spiro atoms. The second-order valence-electron chi connectivity index (χ2n) is 6.30. The number of benzene rings is 1. The Hall–Kier alpha value is -1.89. The van der Waals surface area contributed by atoms with Crippen LogP contribution in [0, 0.1) is 6.92 Å². The molecule has 1 saturated heterocycles. The van der Waals surface area contributed by atoms with E-state index in [0.717, 1.165) is 55.5 Å². The van der Waals surface area contributed by atoms with Gasteiger partial charge in [-0.05, 0) is 24.6 Å². The number of nitrogens with zero attached hydrogens (tertiary/aromatic N) is 3. The standard InChI is InChI=1S/C18H25N3O3/c1-14-11-17(24-19-14)12-20-7-9-21(10-8-20)13-18(22)15-3-5-16(23-2)6-4-15/h3-6,11,18,22H,7-10,12-13H2,1-2H3. The molecule has 1 N–H and O–H groups in total. The third kappa shape index (κ3) is 4.35. The molecule has 130 valence electrons. The smallest absolute Gasteiger partial charge is 0.150 e. The lowest BCUT2D eigenvalue weighted by Crippen LogP contribution is -2.47. The zero-order valence-corrected chi connectivity index (χ0v) is 14.3. The van der Waals surface area contributed by atoms with Gasteiger partial charge in [0.15, 0.2) is 5.76 Å². The molecular weight excluding hydrogens is 306 g/mol. The summed E-state index contributed by atoms with van der Waals surface area (Å²) in [5, 5.41) is 14.3. The molecule has 2 heterocycles. The number of ether oxygens (including phenoxy) is 1. The van der Waals surface area contributed by atoms with Crippen LogP contribution in [0.2, 0.25) is 0 Å². The van der Waals surface area contributed by atoms with Crippen LogP contribution in [0.15, 0.2) is 34.9 Å². The number of β-amino-alcohol motifs (C(OH)–C–C–N with tert-alkyl or cyclic N) is 1. The van der Waals surface area contributed by atoms with E-state index in [9.17, 15) is 5.11 Å². The SMILES string of the molecule is COc1ccc(C(O)CN2CCN(Cc3cc(C)no3)CC2)cc1. The minimum atomic E-state index is -0.473.